The Morgan fingerprint density at radius 3 is 2.52 bits per heavy atom. The van der Waals surface area contributed by atoms with E-state index in [2.05, 4.69) is 37.9 Å². The molecule has 21 heavy (non-hydrogen) atoms. The minimum atomic E-state index is -0.856. The molecule has 0 atom stereocenters. The molecule has 0 saturated carbocycles. The van der Waals surface area contributed by atoms with Crippen LogP contribution in [0.1, 0.15) is 41.8 Å². The van der Waals surface area contributed by atoms with Gasteiger partial charge >= 0.3 is 0 Å². The zero-order valence-corrected chi connectivity index (χ0v) is 13.6. The molecule has 2 heterocycles. The lowest BCUT2D eigenvalue weighted by Crippen LogP contribution is -2.31. The van der Waals surface area contributed by atoms with Crippen molar-refractivity contribution in [3.8, 4) is 0 Å². The lowest BCUT2D eigenvalue weighted by Gasteiger charge is -2.31. The first-order valence-electron chi connectivity index (χ1n) is 7.61. The number of aliphatic hydroxyl groups is 1. The van der Waals surface area contributed by atoms with Crippen LogP contribution in [0.15, 0.2) is 12.1 Å². The normalized spacial score (nSPS) is 16.3. The summed E-state index contributed by atoms with van der Waals surface area (Å²) in [7, 11) is 2.13. The quantitative estimate of drug-likeness (QED) is 0.874. The lowest BCUT2D eigenvalue weighted by atomic mass is 9.86. The Labute approximate surface area is 126 Å². The molecular formula is C18H24N2O. The number of aryl methyl sites for hydroxylation is 2. The summed E-state index contributed by atoms with van der Waals surface area (Å²) in [4.78, 5) is 7.19. The van der Waals surface area contributed by atoms with Gasteiger partial charge in [-0.1, -0.05) is 0 Å². The van der Waals surface area contributed by atoms with Crippen molar-refractivity contribution in [1.29, 1.82) is 0 Å². The average Bonchev–Trinajstić information content (AvgIpc) is 2.36. The van der Waals surface area contributed by atoms with Crippen LogP contribution in [0.4, 0.5) is 0 Å². The Morgan fingerprint density at radius 1 is 1.19 bits per heavy atom. The van der Waals surface area contributed by atoms with E-state index in [-0.39, 0.29) is 0 Å². The van der Waals surface area contributed by atoms with Crippen LogP contribution < -0.4 is 0 Å². The Bertz CT molecular complexity index is 713. The van der Waals surface area contributed by atoms with Gasteiger partial charge in [0.05, 0.1) is 11.1 Å². The van der Waals surface area contributed by atoms with E-state index >= 15 is 0 Å². The van der Waals surface area contributed by atoms with Gasteiger partial charge in [-0.2, -0.15) is 0 Å². The number of benzene rings is 1. The topological polar surface area (TPSA) is 36.4 Å². The van der Waals surface area contributed by atoms with Crippen molar-refractivity contribution in [1.82, 2.24) is 9.88 Å². The first kappa shape index (κ1) is 14.5. The van der Waals surface area contributed by atoms with Crippen molar-refractivity contribution in [3.05, 3.63) is 40.1 Å². The van der Waals surface area contributed by atoms with Gasteiger partial charge in [0.1, 0.15) is 0 Å². The van der Waals surface area contributed by atoms with E-state index in [0.717, 1.165) is 41.7 Å². The summed E-state index contributed by atoms with van der Waals surface area (Å²) in [5, 5.41) is 11.8. The van der Waals surface area contributed by atoms with E-state index in [1.807, 2.05) is 13.8 Å². The highest BCUT2D eigenvalue weighted by Gasteiger charge is 2.28. The van der Waals surface area contributed by atoms with Gasteiger partial charge in [-0.15, -0.1) is 0 Å². The summed E-state index contributed by atoms with van der Waals surface area (Å²) < 4.78 is 0. The van der Waals surface area contributed by atoms with E-state index in [9.17, 15) is 5.11 Å². The largest absolute Gasteiger partial charge is 0.386 e. The van der Waals surface area contributed by atoms with Crippen molar-refractivity contribution in [2.45, 2.75) is 46.3 Å². The molecule has 1 N–H and O–H groups in total. The van der Waals surface area contributed by atoms with E-state index < -0.39 is 5.60 Å². The Hall–Kier alpha value is -1.45. The van der Waals surface area contributed by atoms with Crippen LogP contribution in [-0.2, 0) is 18.6 Å². The molecule has 3 heteroatoms. The van der Waals surface area contributed by atoms with Gasteiger partial charge in [0.25, 0.3) is 0 Å². The minimum absolute atomic E-state index is 0.856. The number of hydrogen-bond acceptors (Lipinski definition) is 3. The standard InChI is InChI=1S/C18H24N2O/c1-11-8-13-16(9-12(11)2)19-15-6-7-20(5)10-14(15)17(13)18(3,4)21/h8-9,21H,6-7,10H2,1-5H3. The molecular weight excluding hydrogens is 260 g/mol. The molecule has 1 aromatic carbocycles. The maximum absolute atomic E-state index is 10.7. The molecule has 0 spiro atoms. The molecule has 1 aliphatic heterocycles. The first-order valence-corrected chi connectivity index (χ1v) is 7.61. The Balaban J connectivity index is 2.40. The molecule has 0 fully saturated rings. The minimum Gasteiger partial charge on any atom is -0.386 e. The van der Waals surface area contributed by atoms with Gasteiger partial charge in [-0.05, 0) is 69.1 Å². The van der Waals surface area contributed by atoms with Gasteiger partial charge < -0.3 is 10.0 Å². The number of fused-ring (bicyclic) bond motifs is 2. The van der Waals surface area contributed by atoms with Gasteiger partial charge in [-0.3, -0.25) is 4.98 Å². The molecule has 0 aliphatic carbocycles. The molecule has 0 amide bonds. The Morgan fingerprint density at radius 2 is 1.86 bits per heavy atom. The van der Waals surface area contributed by atoms with E-state index in [1.165, 1.54) is 16.7 Å². The molecule has 1 aliphatic rings. The average molecular weight is 284 g/mol. The maximum atomic E-state index is 10.7. The third kappa shape index (κ3) is 2.45. The molecule has 0 saturated heterocycles. The molecule has 2 aromatic rings. The number of rotatable bonds is 1. The fraction of sp³-hybridized carbons (Fsp3) is 0.500. The lowest BCUT2D eigenvalue weighted by molar-refractivity contribution is 0.0778. The van der Waals surface area contributed by atoms with Crippen LogP contribution in [0.3, 0.4) is 0 Å². The number of nitrogens with zero attached hydrogens (tertiary/aromatic N) is 2. The third-order valence-corrected chi connectivity index (χ3v) is 4.56. The van der Waals surface area contributed by atoms with Crippen LogP contribution in [-0.4, -0.2) is 28.6 Å². The monoisotopic (exact) mass is 284 g/mol. The zero-order chi connectivity index (χ0) is 15.4. The highest BCUT2D eigenvalue weighted by Crippen LogP contribution is 2.35. The van der Waals surface area contributed by atoms with E-state index in [4.69, 9.17) is 4.98 Å². The summed E-state index contributed by atoms with van der Waals surface area (Å²) in [5.41, 5.74) is 6.08. The zero-order valence-electron chi connectivity index (χ0n) is 13.6. The number of likely N-dealkylation sites (N-methyl/N-ethyl adjacent to an activating group) is 1. The van der Waals surface area contributed by atoms with Crippen molar-refractivity contribution in [3.63, 3.8) is 0 Å². The van der Waals surface area contributed by atoms with Crippen molar-refractivity contribution < 1.29 is 5.11 Å². The predicted molar refractivity (Wildman–Crippen MR) is 86.5 cm³/mol. The second-order valence-electron chi connectivity index (χ2n) is 6.91. The fourth-order valence-electron chi connectivity index (χ4n) is 3.34. The fourth-order valence-corrected chi connectivity index (χ4v) is 3.34. The van der Waals surface area contributed by atoms with Crippen LogP contribution in [0.25, 0.3) is 10.9 Å². The molecule has 112 valence electrons. The van der Waals surface area contributed by atoms with Crippen molar-refractivity contribution >= 4 is 10.9 Å². The first-order chi connectivity index (χ1) is 9.77. The van der Waals surface area contributed by atoms with Crippen LogP contribution in [0.5, 0.6) is 0 Å². The molecule has 0 bridgehead atoms. The summed E-state index contributed by atoms with van der Waals surface area (Å²) in [6, 6.07) is 4.33. The molecule has 0 unspecified atom stereocenters. The summed E-state index contributed by atoms with van der Waals surface area (Å²) in [6.07, 6.45) is 0.956. The van der Waals surface area contributed by atoms with E-state index in [1.54, 1.807) is 0 Å². The third-order valence-electron chi connectivity index (χ3n) is 4.56. The summed E-state index contributed by atoms with van der Waals surface area (Å²) in [5.74, 6) is 0. The summed E-state index contributed by atoms with van der Waals surface area (Å²) in [6.45, 7) is 9.89. The predicted octanol–water partition coefficient (Wildman–Crippen LogP) is 3.07. The smallest absolute Gasteiger partial charge is 0.0850 e. The Kier molecular flexibility index (Phi) is 3.30. The van der Waals surface area contributed by atoms with Crippen LogP contribution in [0, 0.1) is 13.8 Å². The molecule has 3 nitrogen and oxygen atoms in total. The van der Waals surface area contributed by atoms with Crippen LogP contribution in [0.2, 0.25) is 0 Å². The number of aromatic nitrogens is 1. The molecule has 1 aromatic heterocycles. The van der Waals surface area contributed by atoms with E-state index in [0.29, 0.717) is 0 Å². The highest BCUT2D eigenvalue weighted by atomic mass is 16.3. The SMILES string of the molecule is Cc1cc2nc3c(c(C(C)(C)O)c2cc1C)CN(C)CC3. The number of hydrogen-bond donors (Lipinski definition) is 1. The van der Waals surface area contributed by atoms with Gasteiger partial charge in [0.2, 0.25) is 0 Å². The molecule has 0 radical (unpaired) electrons. The van der Waals surface area contributed by atoms with Crippen LogP contribution >= 0.6 is 0 Å². The second-order valence-corrected chi connectivity index (χ2v) is 6.91. The second kappa shape index (κ2) is 4.79. The molecule has 3 rings (SSSR count). The van der Waals surface area contributed by atoms with Crippen molar-refractivity contribution in [2.24, 2.45) is 0 Å². The maximum Gasteiger partial charge on any atom is 0.0850 e. The van der Waals surface area contributed by atoms with Gasteiger partial charge in [0.15, 0.2) is 0 Å². The number of pyridine rings is 1. The highest BCUT2D eigenvalue weighted by molar-refractivity contribution is 5.86. The van der Waals surface area contributed by atoms with Crippen molar-refractivity contribution in [2.75, 3.05) is 13.6 Å². The summed E-state index contributed by atoms with van der Waals surface area (Å²) >= 11 is 0. The van der Waals surface area contributed by atoms with Gasteiger partial charge in [0, 0.05) is 30.6 Å². The van der Waals surface area contributed by atoms with Gasteiger partial charge in [-0.25, -0.2) is 0 Å².